The molecule has 0 spiro atoms. The fourth-order valence-corrected chi connectivity index (χ4v) is 3.70. The van der Waals surface area contributed by atoms with Crippen molar-refractivity contribution < 1.29 is 19.1 Å². The van der Waals surface area contributed by atoms with E-state index in [1.54, 1.807) is 32.2 Å². The highest BCUT2D eigenvalue weighted by Gasteiger charge is 2.31. The van der Waals surface area contributed by atoms with Crippen molar-refractivity contribution in [3.05, 3.63) is 71.4 Å². The summed E-state index contributed by atoms with van der Waals surface area (Å²) in [5.74, 6) is -0.0576. The zero-order chi connectivity index (χ0) is 22.9. The maximum Gasteiger partial charge on any atom is 0.321 e. The third kappa shape index (κ3) is 6.21. The predicted octanol–water partition coefficient (Wildman–Crippen LogP) is 3.01. The van der Waals surface area contributed by atoms with Gasteiger partial charge in [-0.15, -0.1) is 0 Å². The van der Waals surface area contributed by atoms with E-state index in [0.29, 0.717) is 24.0 Å². The SMILES string of the molecule is CCNC(=O)NC(=O)CSC1=N/C(=C\c2ccc(OC)cc2)C(=O)N1Cc1ccccc1. The standard InChI is InChI=1S/C23H24N4O4S/c1-3-24-22(30)26-20(28)15-32-23-25-19(13-16-9-11-18(31-2)12-10-16)21(29)27(23)14-17-7-5-4-6-8-17/h4-13H,3,14-15H2,1-2H3,(H2,24,26,28,30)/b19-13-. The number of ether oxygens (including phenoxy) is 1. The largest absolute Gasteiger partial charge is 0.497 e. The van der Waals surface area contributed by atoms with E-state index < -0.39 is 11.9 Å². The molecule has 4 amide bonds. The Bertz CT molecular complexity index is 1040. The number of carbonyl (C=O) groups is 3. The first-order valence-electron chi connectivity index (χ1n) is 10.0. The van der Waals surface area contributed by atoms with E-state index >= 15 is 0 Å². The summed E-state index contributed by atoms with van der Waals surface area (Å²) in [4.78, 5) is 42.7. The Balaban J connectivity index is 1.78. The number of methoxy groups -OCH3 is 1. The first-order chi connectivity index (χ1) is 15.5. The summed E-state index contributed by atoms with van der Waals surface area (Å²) in [5, 5.41) is 5.16. The molecule has 9 heteroatoms. The molecule has 0 fully saturated rings. The highest BCUT2D eigenvalue weighted by molar-refractivity contribution is 8.14. The van der Waals surface area contributed by atoms with Crippen molar-refractivity contribution in [2.24, 2.45) is 4.99 Å². The minimum Gasteiger partial charge on any atom is -0.497 e. The van der Waals surface area contributed by atoms with Crippen LogP contribution in [0.15, 0.2) is 65.3 Å². The van der Waals surface area contributed by atoms with Gasteiger partial charge in [0, 0.05) is 6.54 Å². The summed E-state index contributed by atoms with van der Waals surface area (Å²) in [7, 11) is 1.59. The van der Waals surface area contributed by atoms with Crippen LogP contribution in [0.3, 0.4) is 0 Å². The number of amides is 4. The number of rotatable bonds is 7. The summed E-state index contributed by atoms with van der Waals surface area (Å²) in [6.45, 7) is 2.50. The van der Waals surface area contributed by atoms with Gasteiger partial charge in [-0.1, -0.05) is 54.2 Å². The monoisotopic (exact) mass is 452 g/mol. The van der Waals surface area contributed by atoms with E-state index in [1.165, 1.54) is 4.90 Å². The van der Waals surface area contributed by atoms with Crippen molar-refractivity contribution in [3.8, 4) is 5.75 Å². The van der Waals surface area contributed by atoms with E-state index in [4.69, 9.17) is 4.74 Å². The number of hydrogen-bond donors (Lipinski definition) is 2. The second-order valence-electron chi connectivity index (χ2n) is 6.77. The van der Waals surface area contributed by atoms with Crippen molar-refractivity contribution >= 4 is 40.9 Å². The molecule has 8 nitrogen and oxygen atoms in total. The van der Waals surface area contributed by atoms with E-state index in [9.17, 15) is 14.4 Å². The number of hydrogen-bond acceptors (Lipinski definition) is 6. The molecule has 1 heterocycles. The number of urea groups is 1. The number of thioether (sulfide) groups is 1. The van der Waals surface area contributed by atoms with E-state index in [1.807, 2.05) is 42.5 Å². The third-order valence-electron chi connectivity index (χ3n) is 4.44. The van der Waals surface area contributed by atoms with Crippen molar-refractivity contribution in [2.45, 2.75) is 13.5 Å². The summed E-state index contributed by atoms with van der Waals surface area (Å²) in [5.41, 5.74) is 2.02. The average Bonchev–Trinajstić information content (AvgIpc) is 3.08. The topological polar surface area (TPSA) is 100 Å². The van der Waals surface area contributed by atoms with Crippen LogP contribution in [0.4, 0.5) is 4.79 Å². The quantitative estimate of drug-likeness (QED) is 0.629. The summed E-state index contributed by atoms with van der Waals surface area (Å²) in [6, 6.07) is 16.3. The summed E-state index contributed by atoms with van der Waals surface area (Å²) in [6.07, 6.45) is 1.70. The minimum atomic E-state index is -0.552. The van der Waals surface area contributed by atoms with Gasteiger partial charge in [0.1, 0.15) is 11.4 Å². The maximum atomic E-state index is 13.1. The first-order valence-corrected chi connectivity index (χ1v) is 11.0. The first kappa shape index (κ1) is 23.1. The molecule has 0 atom stereocenters. The molecular weight excluding hydrogens is 428 g/mol. The van der Waals surface area contributed by atoms with Gasteiger partial charge in [0.2, 0.25) is 5.91 Å². The Labute approximate surface area is 190 Å². The molecule has 1 aliphatic heterocycles. The van der Waals surface area contributed by atoms with Crippen LogP contribution >= 0.6 is 11.8 Å². The van der Waals surface area contributed by atoms with Gasteiger partial charge in [-0.05, 0) is 36.3 Å². The third-order valence-corrected chi connectivity index (χ3v) is 5.41. The number of imide groups is 1. The smallest absolute Gasteiger partial charge is 0.321 e. The van der Waals surface area contributed by atoms with Crippen LogP contribution in [0.5, 0.6) is 5.75 Å². The van der Waals surface area contributed by atoms with Gasteiger partial charge in [-0.3, -0.25) is 19.8 Å². The number of aliphatic imine (C=N–C) groups is 1. The summed E-state index contributed by atoms with van der Waals surface area (Å²) >= 11 is 1.11. The Morgan fingerprint density at radius 3 is 2.50 bits per heavy atom. The lowest BCUT2D eigenvalue weighted by molar-refractivity contribution is -0.123. The van der Waals surface area contributed by atoms with Crippen LogP contribution in [-0.4, -0.2) is 47.3 Å². The number of carbonyl (C=O) groups excluding carboxylic acids is 3. The second-order valence-corrected chi connectivity index (χ2v) is 7.71. The van der Waals surface area contributed by atoms with Crippen molar-refractivity contribution in [3.63, 3.8) is 0 Å². The fourth-order valence-electron chi connectivity index (χ4n) is 2.90. The van der Waals surface area contributed by atoms with Crippen LogP contribution in [0, 0.1) is 0 Å². The van der Waals surface area contributed by atoms with E-state index in [-0.39, 0.29) is 17.4 Å². The van der Waals surface area contributed by atoms with Gasteiger partial charge in [-0.25, -0.2) is 9.79 Å². The molecule has 2 N–H and O–H groups in total. The van der Waals surface area contributed by atoms with E-state index in [0.717, 1.165) is 22.9 Å². The van der Waals surface area contributed by atoms with Crippen LogP contribution in [0.25, 0.3) is 6.08 Å². The molecule has 0 bridgehead atoms. The van der Waals surface area contributed by atoms with Gasteiger partial charge in [0.05, 0.1) is 19.4 Å². The average molecular weight is 453 g/mol. The van der Waals surface area contributed by atoms with Gasteiger partial charge in [0.15, 0.2) is 5.17 Å². The lowest BCUT2D eigenvalue weighted by atomic mass is 10.1. The molecule has 3 rings (SSSR count). The number of nitrogens with one attached hydrogen (secondary N) is 2. The molecule has 0 unspecified atom stereocenters. The molecule has 1 aliphatic rings. The Morgan fingerprint density at radius 2 is 1.84 bits per heavy atom. The number of amidine groups is 1. The normalized spacial score (nSPS) is 14.3. The Morgan fingerprint density at radius 1 is 1.12 bits per heavy atom. The molecule has 32 heavy (non-hydrogen) atoms. The molecule has 2 aromatic rings. The molecular formula is C23H24N4O4S. The number of nitrogens with zero attached hydrogens (tertiary/aromatic N) is 2. The maximum absolute atomic E-state index is 13.1. The minimum absolute atomic E-state index is 0.0512. The lowest BCUT2D eigenvalue weighted by Gasteiger charge is -2.17. The highest BCUT2D eigenvalue weighted by atomic mass is 32.2. The highest BCUT2D eigenvalue weighted by Crippen LogP contribution is 2.26. The van der Waals surface area contributed by atoms with Crippen molar-refractivity contribution in [1.82, 2.24) is 15.5 Å². The molecule has 166 valence electrons. The molecule has 0 aromatic heterocycles. The van der Waals surface area contributed by atoms with Crippen LogP contribution < -0.4 is 15.4 Å². The molecule has 0 aliphatic carbocycles. The fraction of sp³-hybridized carbons (Fsp3) is 0.217. The van der Waals surface area contributed by atoms with Gasteiger partial charge < -0.3 is 10.1 Å². The Kier molecular flexibility index (Phi) is 8.04. The number of benzene rings is 2. The van der Waals surface area contributed by atoms with Crippen LogP contribution in [0.2, 0.25) is 0 Å². The molecule has 0 saturated carbocycles. The predicted molar refractivity (Wildman–Crippen MR) is 125 cm³/mol. The van der Waals surface area contributed by atoms with Crippen LogP contribution in [0.1, 0.15) is 18.1 Å². The van der Waals surface area contributed by atoms with Crippen molar-refractivity contribution in [1.29, 1.82) is 0 Å². The molecule has 0 saturated heterocycles. The van der Waals surface area contributed by atoms with Gasteiger partial charge in [0.25, 0.3) is 5.91 Å². The zero-order valence-electron chi connectivity index (χ0n) is 17.8. The Hall–Kier alpha value is -3.59. The van der Waals surface area contributed by atoms with Crippen molar-refractivity contribution in [2.75, 3.05) is 19.4 Å². The van der Waals surface area contributed by atoms with E-state index in [2.05, 4.69) is 15.6 Å². The van der Waals surface area contributed by atoms with Gasteiger partial charge in [-0.2, -0.15) is 0 Å². The van der Waals surface area contributed by atoms with Gasteiger partial charge >= 0.3 is 6.03 Å². The molecule has 2 aromatic carbocycles. The second kappa shape index (κ2) is 11.1. The summed E-state index contributed by atoms with van der Waals surface area (Å²) < 4.78 is 5.16. The lowest BCUT2D eigenvalue weighted by Crippen LogP contribution is -2.40. The molecule has 0 radical (unpaired) electrons. The zero-order valence-corrected chi connectivity index (χ0v) is 18.6. The van der Waals surface area contributed by atoms with Crippen LogP contribution in [-0.2, 0) is 16.1 Å².